The summed E-state index contributed by atoms with van der Waals surface area (Å²) in [4.78, 5) is 25.2. The van der Waals surface area contributed by atoms with Crippen LogP contribution in [-0.4, -0.2) is 36.3 Å². The third-order valence-corrected chi connectivity index (χ3v) is 3.13. The number of hydrogen-bond donors (Lipinski definition) is 2. The van der Waals surface area contributed by atoms with Crippen LogP contribution in [0.2, 0.25) is 0 Å². The van der Waals surface area contributed by atoms with Crippen LogP contribution in [-0.2, 0) is 4.79 Å². The lowest BCUT2D eigenvalue weighted by atomic mass is 10.1. The topological polar surface area (TPSA) is 75.4 Å². The SMILES string of the molecule is Cc1ccc(C(=O)N2CCNC(=O)CC2)cc1N. The molecule has 2 rings (SSSR count). The molecular weight excluding hydrogens is 230 g/mol. The second-order valence-corrected chi connectivity index (χ2v) is 4.46. The monoisotopic (exact) mass is 247 g/mol. The van der Waals surface area contributed by atoms with Crippen molar-refractivity contribution in [1.82, 2.24) is 10.2 Å². The van der Waals surface area contributed by atoms with Crippen LogP contribution in [0.15, 0.2) is 18.2 Å². The first-order valence-electron chi connectivity index (χ1n) is 6.00. The number of aryl methyl sites for hydroxylation is 1. The van der Waals surface area contributed by atoms with E-state index in [0.717, 1.165) is 5.56 Å². The Hall–Kier alpha value is -2.04. The Kier molecular flexibility index (Phi) is 3.50. The molecule has 1 heterocycles. The van der Waals surface area contributed by atoms with Gasteiger partial charge >= 0.3 is 0 Å². The summed E-state index contributed by atoms with van der Waals surface area (Å²) >= 11 is 0. The van der Waals surface area contributed by atoms with Crippen molar-refractivity contribution in [2.24, 2.45) is 0 Å². The molecule has 2 amide bonds. The molecule has 0 radical (unpaired) electrons. The van der Waals surface area contributed by atoms with Crippen molar-refractivity contribution in [3.63, 3.8) is 0 Å². The maximum atomic E-state index is 12.3. The number of nitrogens with two attached hydrogens (primary N) is 1. The fourth-order valence-electron chi connectivity index (χ4n) is 1.93. The molecule has 3 N–H and O–H groups in total. The number of hydrogen-bond acceptors (Lipinski definition) is 3. The van der Waals surface area contributed by atoms with Crippen LogP contribution in [0.25, 0.3) is 0 Å². The summed E-state index contributed by atoms with van der Waals surface area (Å²) in [5.74, 6) is -0.0769. The van der Waals surface area contributed by atoms with E-state index in [9.17, 15) is 9.59 Å². The molecule has 0 spiro atoms. The number of carbonyl (C=O) groups excluding carboxylic acids is 2. The zero-order valence-corrected chi connectivity index (χ0v) is 10.4. The van der Waals surface area contributed by atoms with Crippen molar-refractivity contribution in [3.05, 3.63) is 29.3 Å². The van der Waals surface area contributed by atoms with Crippen molar-refractivity contribution < 1.29 is 9.59 Å². The average Bonchev–Trinajstić information content (AvgIpc) is 2.57. The molecule has 0 saturated carbocycles. The van der Waals surface area contributed by atoms with Gasteiger partial charge in [-0.05, 0) is 24.6 Å². The van der Waals surface area contributed by atoms with Gasteiger partial charge in [0.05, 0.1) is 0 Å². The molecule has 1 aromatic rings. The van der Waals surface area contributed by atoms with Crippen LogP contribution in [0, 0.1) is 6.92 Å². The van der Waals surface area contributed by atoms with E-state index in [-0.39, 0.29) is 11.8 Å². The Bertz CT molecular complexity index is 485. The summed E-state index contributed by atoms with van der Waals surface area (Å²) in [6.07, 6.45) is 0.354. The molecular formula is C13H17N3O2. The third-order valence-electron chi connectivity index (χ3n) is 3.13. The summed E-state index contributed by atoms with van der Waals surface area (Å²) < 4.78 is 0. The van der Waals surface area contributed by atoms with Gasteiger partial charge in [-0.15, -0.1) is 0 Å². The molecule has 18 heavy (non-hydrogen) atoms. The Labute approximate surface area is 106 Å². The largest absolute Gasteiger partial charge is 0.398 e. The number of benzene rings is 1. The van der Waals surface area contributed by atoms with Crippen molar-refractivity contribution >= 4 is 17.5 Å². The number of rotatable bonds is 1. The van der Waals surface area contributed by atoms with Crippen LogP contribution in [0.3, 0.4) is 0 Å². The molecule has 1 saturated heterocycles. The second kappa shape index (κ2) is 5.08. The van der Waals surface area contributed by atoms with Crippen LogP contribution in [0.4, 0.5) is 5.69 Å². The number of nitrogen functional groups attached to an aromatic ring is 1. The highest BCUT2D eigenvalue weighted by molar-refractivity contribution is 5.95. The maximum absolute atomic E-state index is 12.3. The van der Waals surface area contributed by atoms with Crippen molar-refractivity contribution in [1.29, 1.82) is 0 Å². The summed E-state index contributed by atoms with van der Waals surface area (Å²) in [7, 11) is 0. The molecule has 0 bridgehead atoms. The minimum Gasteiger partial charge on any atom is -0.398 e. The third kappa shape index (κ3) is 2.61. The lowest BCUT2D eigenvalue weighted by Crippen LogP contribution is -2.34. The fourth-order valence-corrected chi connectivity index (χ4v) is 1.93. The molecule has 1 aliphatic rings. The van der Waals surface area contributed by atoms with E-state index < -0.39 is 0 Å². The van der Waals surface area contributed by atoms with E-state index in [0.29, 0.717) is 37.3 Å². The van der Waals surface area contributed by atoms with Crippen LogP contribution in [0.1, 0.15) is 22.3 Å². The number of amides is 2. The van der Waals surface area contributed by atoms with Gasteiger partial charge in [-0.25, -0.2) is 0 Å². The van der Waals surface area contributed by atoms with Crippen LogP contribution < -0.4 is 11.1 Å². The molecule has 0 aromatic heterocycles. The van der Waals surface area contributed by atoms with Gasteiger partial charge < -0.3 is 16.0 Å². The van der Waals surface area contributed by atoms with Gasteiger partial charge in [0.15, 0.2) is 0 Å². The predicted octanol–water partition coefficient (Wildman–Crippen LogP) is 0.539. The summed E-state index contributed by atoms with van der Waals surface area (Å²) in [6, 6.07) is 5.30. The van der Waals surface area contributed by atoms with Gasteiger partial charge in [0, 0.05) is 37.3 Å². The lowest BCUT2D eigenvalue weighted by Gasteiger charge is -2.19. The number of nitrogens with zero attached hydrogens (tertiary/aromatic N) is 1. The van der Waals surface area contributed by atoms with Gasteiger partial charge in [-0.1, -0.05) is 6.07 Å². The number of carbonyl (C=O) groups is 2. The van der Waals surface area contributed by atoms with E-state index in [4.69, 9.17) is 5.73 Å². The van der Waals surface area contributed by atoms with Gasteiger partial charge in [0.1, 0.15) is 0 Å². The molecule has 1 fully saturated rings. The van der Waals surface area contributed by atoms with Crippen molar-refractivity contribution in [2.75, 3.05) is 25.4 Å². The van der Waals surface area contributed by atoms with Crippen LogP contribution >= 0.6 is 0 Å². The molecule has 1 aliphatic heterocycles. The highest BCUT2D eigenvalue weighted by Gasteiger charge is 2.19. The van der Waals surface area contributed by atoms with E-state index >= 15 is 0 Å². The fraction of sp³-hybridized carbons (Fsp3) is 0.385. The number of nitrogens with one attached hydrogen (secondary N) is 1. The highest BCUT2D eigenvalue weighted by atomic mass is 16.2. The Morgan fingerprint density at radius 2 is 2.17 bits per heavy atom. The molecule has 0 atom stereocenters. The molecule has 5 heteroatoms. The Morgan fingerprint density at radius 3 is 2.89 bits per heavy atom. The predicted molar refractivity (Wildman–Crippen MR) is 69.1 cm³/mol. The maximum Gasteiger partial charge on any atom is 0.254 e. The molecule has 1 aromatic carbocycles. The highest BCUT2D eigenvalue weighted by Crippen LogP contribution is 2.15. The van der Waals surface area contributed by atoms with Crippen LogP contribution in [0.5, 0.6) is 0 Å². The standard InChI is InChI=1S/C13H17N3O2/c1-9-2-3-10(8-11(9)14)13(18)16-6-4-12(17)15-5-7-16/h2-3,8H,4-7,14H2,1H3,(H,15,17). The van der Waals surface area contributed by atoms with Gasteiger partial charge in [0.25, 0.3) is 5.91 Å². The van der Waals surface area contributed by atoms with Gasteiger partial charge in [0.2, 0.25) is 5.91 Å². The second-order valence-electron chi connectivity index (χ2n) is 4.46. The van der Waals surface area contributed by atoms with E-state index in [1.807, 2.05) is 13.0 Å². The Balaban J connectivity index is 2.14. The minimum atomic E-state index is -0.0711. The van der Waals surface area contributed by atoms with Gasteiger partial charge in [-0.3, -0.25) is 9.59 Å². The van der Waals surface area contributed by atoms with E-state index in [1.165, 1.54) is 0 Å². The molecule has 0 unspecified atom stereocenters. The first-order chi connectivity index (χ1) is 8.58. The first kappa shape index (κ1) is 12.4. The summed E-state index contributed by atoms with van der Waals surface area (Å²) in [5, 5.41) is 2.74. The molecule has 96 valence electrons. The molecule has 5 nitrogen and oxygen atoms in total. The van der Waals surface area contributed by atoms with E-state index in [2.05, 4.69) is 5.32 Å². The normalized spacial score (nSPS) is 16.1. The first-order valence-corrected chi connectivity index (χ1v) is 6.00. The van der Waals surface area contributed by atoms with Crippen molar-refractivity contribution in [2.45, 2.75) is 13.3 Å². The summed E-state index contributed by atoms with van der Waals surface area (Å²) in [5.41, 5.74) is 7.95. The van der Waals surface area contributed by atoms with Crippen molar-refractivity contribution in [3.8, 4) is 0 Å². The van der Waals surface area contributed by atoms with Gasteiger partial charge in [-0.2, -0.15) is 0 Å². The zero-order chi connectivity index (χ0) is 13.1. The lowest BCUT2D eigenvalue weighted by molar-refractivity contribution is -0.120. The molecule has 0 aliphatic carbocycles. The van der Waals surface area contributed by atoms with E-state index in [1.54, 1.807) is 17.0 Å². The smallest absolute Gasteiger partial charge is 0.254 e. The number of anilines is 1. The average molecular weight is 247 g/mol. The Morgan fingerprint density at radius 1 is 1.39 bits per heavy atom. The minimum absolute atomic E-state index is 0.00581. The summed E-state index contributed by atoms with van der Waals surface area (Å²) in [6.45, 7) is 3.40. The zero-order valence-electron chi connectivity index (χ0n) is 10.4. The quantitative estimate of drug-likeness (QED) is 0.711.